The van der Waals surface area contributed by atoms with Crippen molar-refractivity contribution < 1.29 is 9.59 Å². The Morgan fingerprint density at radius 1 is 1.31 bits per heavy atom. The lowest BCUT2D eigenvalue weighted by molar-refractivity contribution is -0.124. The molecule has 3 rings (SSSR count). The maximum Gasteiger partial charge on any atom is 0.251 e. The molecule has 0 radical (unpaired) electrons. The van der Waals surface area contributed by atoms with Crippen LogP contribution in [0.2, 0.25) is 0 Å². The lowest BCUT2D eigenvalue weighted by atomic mass is 10.0. The van der Waals surface area contributed by atoms with Crippen molar-refractivity contribution in [2.45, 2.75) is 45.6 Å². The Balaban J connectivity index is 1.81. The minimum atomic E-state index is -0.461. The van der Waals surface area contributed by atoms with Crippen molar-refractivity contribution >= 4 is 11.8 Å². The van der Waals surface area contributed by atoms with Crippen molar-refractivity contribution in [3.8, 4) is 11.3 Å². The van der Waals surface area contributed by atoms with E-state index < -0.39 is 6.04 Å². The smallest absolute Gasteiger partial charge is 0.251 e. The fraction of sp³-hybridized carbons (Fsp3) is 0.400. The Hall–Kier alpha value is -2.76. The molecule has 0 bridgehead atoms. The summed E-state index contributed by atoms with van der Waals surface area (Å²) in [6, 6.07) is 8.79. The standard InChI is InChI=1S/C20H24N4O2/c1-3-6-18-22-13(2)11-17(23-18)14-7-4-8-15(12-14)19(25)24-16-9-5-10-21-20(16)26/h4,7-8,11-12,16H,3,5-6,9-10H2,1-2H3,(H,21,26)(H,24,25)/t16-/m1/s1. The highest BCUT2D eigenvalue weighted by Crippen LogP contribution is 2.20. The van der Waals surface area contributed by atoms with Crippen molar-refractivity contribution in [1.82, 2.24) is 20.6 Å². The normalized spacial score (nSPS) is 16.8. The number of rotatable bonds is 5. The maximum atomic E-state index is 12.6. The Bertz CT molecular complexity index is 819. The van der Waals surface area contributed by atoms with Gasteiger partial charge in [0.1, 0.15) is 11.9 Å². The monoisotopic (exact) mass is 352 g/mol. The first kappa shape index (κ1) is 18.0. The molecular weight excluding hydrogens is 328 g/mol. The molecule has 26 heavy (non-hydrogen) atoms. The van der Waals surface area contributed by atoms with Crippen LogP contribution in [-0.2, 0) is 11.2 Å². The summed E-state index contributed by atoms with van der Waals surface area (Å²) in [5, 5.41) is 5.60. The summed E-state index contributed by atoms with van der Waals surface area (Å²) in [5.74, 6) is 0.459. The lowest BCUT2D eigenvalue weighted by Gasteiger charge is -2.22. The molecule has 1 fully saturated rings. The van der Waals surface area contributed by atoms with Gasteiger partial charge in [-0.3, -0.25) is 9.59 Å². The summed E-state index contributed by atoms with van der Waals surface area (Å²) in [5.41, 5.74) is 3.11. The van der Waals surface area contributed by atoms with E-state index in [1.807, 2.05) is 31.2 Å². The van der Waals surface area contributed by atoms with Gasteiger partial charge in [-0.25, -0.2) is 9.97 Å². The molecule has 2 amide bonds. The predicted molar refractivity (Wildman–Crippen MR) is 99.7 cm³/mol. The van der Waals surface area contributed by atoms with Crippen LogP contribution in [0.4, 0.5) is 0 Å². The number of carbonyl (C=O) groups excluding carboxylic acids is 2. The van der Waals surface area contributed by atoms with Crippen LogP contribution in [0.3, 0.4) is 0 Å². The van der Waals surface area contributed by atoms with Gasteiger partial charge in [0.2, 0.25) is 5.91 Å². The van der Waals surface area contributed by atoms with Gasteiger partial charge in [0.05, 0.1) is 5.69 Å². The van der Waals surface area contributed by atoms with Gasteiger partial charge in [0.25, 0.3) is 5.91 Å². The highest BCUT2D eigenvalue weighted by Gasteiger charge is 2.24. The minimum absolute atomic E-state index is 0.114. The second-order valence-electron chi connectivity index (χ2n) is 6.60. The molecule has 0 spiro atoms. The number of nitrogens with zero attached hydrogens (tertiary/aromatic N) is 2. The van der Waals surface area contributed by atoms with E-state index in [1.54, 1.807) is 6.07 Å². The van der Waals surface area contributed by atoms with Crippen LogP contribution < -0.4 is 10.6 Å². The molecule has 6 heteroatoms. The average molecular weight is 352 g/mol. The Kier molecular flexibility index (Phi) is 5.61. The summed E-state index contributed by atoms with van der Waals surface area (Å²) in [6.45, 7) is 4.72. The van der Waals surface area contributed by atoms with Gasteiger partial charge in [0, 0.05) is 29.8 Å². The third-order valence-electron chi connectivity index (χ3n) is 4.39. The molecule has 2 heterocycles. The maximum absolute atomic E-state index is 12.6. The van der Waals surface area contributed by atoms with Crippen molar-refractivity contribution in [3.05, 3.63) is 47.4 Å². The molecule has 1 atom stereocenters. The van der Waals surface area contributed by atoms with Crippen LogP contribution in [0.1, 0.15) is 48.1 Å². The Labute approximate surface area is 153 Å². The molecular formula is C20H24N4O2. The molecule has 2 aromatic rings. The van der Waals surface area contributed by atoms with E-state index in [1.165, 1.54) is 0 Å². The topological polar surface area (TPSA) is 84.0 Å². The first-order valence-electron chi connectivity index (χ1n) is 9.10. The van der Waals surface area contributed by atoms with Gasteiger partial charge in [-0.05, 0) is 44.4 Å². The van der Waals surface area contributed by atoms with Crippen molar-refractivity contribution in [3.63, 3.8) is 0 Å². The molecule has 1 aromatic carbocycles. The van der Waals surface area contributed by atoms with Crippen LogP contribution in [0.15, 0.2) is 30.3 Å². The highest BCUT2D eigenvalue weighted by molar-refractivity contribution is 5.98. The minimum Gasteiger partial charge on any atom is -0.354 e. The molecule has 2 N–H and O–H groups in total. The molecule has 0 unspecified atom stereocenters. The Morgan fingerprint density at radius 3 is 2.92 bits per heavy atom. The van der Waals surface area contributed by atoms with Gasteiger partial charge in [-0.1, -0.05) is 19.1 Å². The third kappa shape index (κ3) is 4.25. The number of aromatic nitrogens is 2. The zero-order valence-electron chi connectivity index (χ0n) is 15.2. The van der Waals surface area contributed by atoms with Gasteiger partial charge in [0.15, 0.2) is 0 Å². The quantitative estimate of drug-likeness (QED) is 0.865. The predicted octanol–water partition coefficient (Wildman–Crippen LogP) is 2.41. The zero-order valence-corrected chi connectivity index (χ0v) is 15.2. The number of hydrogen-bond donors (Lipinski definition) is 2. The molecule has 0 saturated carbocycles. The second kappa shape index (κ2) is 8.08. The summed E-state index contributed by atoms with van der Waals surface area (Å²) < 4.78 is 0. The number of carbonyl (C=O) groups is 2. The number of piperidine rings is 1. The molecule has 136 valence electrons. The average Bonchev–Trinajstić information content (AvgIpc) is 2.63. The fourth-order valence-corrected chi connectivity index (χ4v) is 3.08. The van der Waals surface area contributed by atoms with E-state index >= 15 is 0 Å². The largest absolute Gasteiger partial charge is 0.354 e. The lowest BCUT2D eigenvalue weighted by Crippen LogP contribution is -2.50. The second-order valence-corrected chi connectivity index (χ2v) is 6.60. The summed E-state index contributed by atoms with van der Waals surface area (Å²) >= 11 is 0. The molecule has 6 nitrogen and oxygen atoms in total. The third-order valence-corrected chi connectivity index (χ3v) is 4.39. The van der Waals surface area contributed by atoms with Crippen molar-refractivity contribution in [1.29, 1.82) is 0 Å². The van der Waals surface area contributed by atoms with E-state index in [0.717, 1.165) is 42.0 Å². The zero-order chi connectivity index (χ0) is 18.5. The van der Waals surface area contributed by atoms with Crippen LogP contribution in [0.5, 0.6) is 0 Å². The van der Waals surface area contributed by atoms with E-state index in [2.05, 4.69) is 27.5 Å². The Morgan fingerprint density at radius 2 is 2.15 bits per heavy atom. The summed E-state index contributed by atoms with van der Waals surface area (Å²) in [7, 11) is 0. The van der Waals surface area contributed by atoms with E-state index in [9.17, 15) is 9.59 Å². The van der Waals surface area contributed by atoms with Crippen molar-refractivity contribution in [2.75, 3.05) is 6.54 Å². The highest BCUT2D eigenvalue weighted by atomic mass is 16.2. The molecule has 1 aliphatic rings. The van der Waals surface area contributed by atoms with E-state index in [-0.39, 0.29) is 11.8 Å². The van der Waals surface area contributed by atoms with Gasteiger partial charge >= 0.3 is 0 Å². The van der Waals surface area contributed by atoms with E-state index in [4.69, 9.17) is 0 Å². The SMILES string of the molecule is CCCc1nc(C)cc(-c2cccc(C(=O)N[C@@H]3CCCNC3=O)c2)n1. The fourth-order valence-electron chi connectivity index (χ4n) is 3.08. The molecule has 1 saturated heterocycles. The number of aryl methyl sites for hydroxylation is 2. The number of hydrogen-bond acceptors (Lipinski definition) is 4. The van der Waals surface area contributed by atoms with Crippen LogP contribution >= 0.6 is 0 Å². The number of nitrogens with one attached hydrogen (secondary N) is 2. The van der Waals surface area contributed by atoms with Crippen LogP contribution in [-0.4, -0.2) is 34.4 Å². The first-order valence-corrected chi connectivity index (χ1v) is 9.10. The molecule has 1 aliphatic heterocycles. The molecule has 0 aliphatic carbocycles. The van der Waals surface area contributed by atoms with Crippen LogP contribution in [0.25, 0.3) is 11.3 Å². The van der Waals surface area contributed by atoms with Crippen molar-refractivity contribution in [2.24, 2.45) is 0 Å². The summed E-state index contributed by atoms with van der Waals surface area (Å²) in [4.78, 5) is 33.5. The first-order chi connectivity index (χ1) is 12.6. The van der Waals surface area contributed by atoms with Gasteiger partial charge in [-0.2, -0.15) is 0 Å². The van der Waals surface area contributed by atoms with E-state index in [0.29, 0.717) is 18.5 Å². The molecule has 1 aromatic heterocycles. The number of benzene rings is 1. The van der Waals surface area contributed by atoms with Gasteiger partial charge < -0.3 is 10.6 Å². The summed E-state index contributed by atoms with van der Waals surface area (Å²) in [6.07, 6.45) is 3.35. The van der Waals surface area contributed by atoms with Gasteiger partial charge in [-0.15, -0.1) is 0 Å². The van der Waals surface area contributed by atoms with Crippen LogP contribution in [0, 0.1) is 6.92 Å². The number of amides is 2.